The van der Waals surface area contributed by atoms with Crippen LogP contribution < -0.4 is 9.13 Å². The van der Waals surface area contributed by atoms with E-state index >= 15 is 0 Å². The van der Waals surface area contributed by atoms with Gasteiger partial charge in [-0.05, 0) is 22.6 Å². The first-order chi connectivity index (χ1) is 12.5. The standard InChI is InChI=1S/C20H18N2O4/c23-19(24)6-11-21-8-3-16(4-9-21)17-2-1-15-5-10-22(12-7-20(25)26)14-18(15)13-17/h1-5,8-10,13-14H,6-7,11-12H2/p+2. The molecule has 0 saturated carbocycles. The number of nitrogens with zero attached hydrogens (tertiary/aromatic N) is 2. The van der Waals surface area contributed by atoms with Crippen LogP contribution in [0.4, 0.5) is 0 Å². The second kappa shape index (κ2) is 7.74. The summed E-state index contributed by atoms with van der Waals surface area (Å²) in [4.78, 5) is 21.4. The van der Waals surface area contributed by atoms with Crippen LogP contribution in [0.1, 0.15) is 12.8 Å². The first-order valence-corrected chi connectivity index (χ1v) is 8.37. The van der Waals surface area contributed by atoms with Crippen LogP contribution in [0.2, 0.25) is 0 Å². The largest absolute Gasteiger partial charge is 0.481 e. The van der Waals surface area contributed by atoms with Crippen LogP contribution in [-0.2, 0) is 22.7 Å². The Hall–Kier alpha value is -3.28. The normalized spacial score (nSPS) is 10.8. The van der Waals surface area contributed by atoms with Crippen LogP contribution in [0, 0.1) is 0 Å². The molecule has 2 heterocycles. The van der Waals surface area contributed by atoms with Gasteiger partial charge in [0.05, 0.1) is 0 Å². The molecular weight excluding hydrogens is 332 g/mol. The Labute approximate surface area is 150 Å². The van der Waals surface area contributed by atoms with Crippen molar-refractivity contribution in [3.05, 3.63) is 61.2 Å². The fourth-order valence-corrected chi connectivity index (χ4v) is 2.80. The van der Waals surface area contributed by atoms with E-state index in [9.17, 15) is 9.59 Å². The maximum absolute atomic E-state index is 10.7. The minimum atomic E-state index is -0.813. The van der Waals surface area contributed by atoms with Gasteiger partial charge >= 0.3 is 11.9 Å². The highest BCUT2D eigenvalue weighted by Gasteiger charge is 2.09. The van der Waals surface area contributed by atoms with Crippen molar-refractivity contribution >= 4 is 22.7 Å². The van der Waals surface area contributed by atoms with E-state index in [-0.39, 0.29) is 12.8 Å². The molecule has 0 bridgehead atoms. The van der Waals surface area contributed by atoms with Crippen molar-refractivity contribution in [1.82, 2.24) is 0 Å². The number of pyridine rings is 2. The minimum Gasteiger partial charge on any atom is -0.481 e. The number of hydrogen-bond donors (Lipinski definition) is 2. The number of carboxylic acid groups (broad SMARTS) is 2. The Morgan fingerprint density at radius 3 is 2.00 bits per heavy atom. The number of aliphatic carboxylic acids is 2. The summed E-state index contributed by atoms with van der Waals surface area (Å²) >= 11 is 0. The monoisotopic (exact) mass is 352 g/mol. The van der Waals surface area contributed by atoms with Crippen LogP contribution in [0.15, 0.2) is 61.2 Å². The van der Waals surface area contributed by atoms with Crippen molar-refractivity contribution in [1.29, 1.82) is 0 Å². The van der Waals surface area contributed by atoms with Crippen molar-refractivity contribution in [3.63, 3.8) is 0 Å². The zero-order valence-electron chi connectivity index (χ0n) is 14.2. The summed E-state index contributed by atoms with van der Waals surface area (Å²) < 4.78 is 3.73. The predicted octanol–water partition coefficient (Wildman–Crippen LogP) is 2.03. The molecular formula is C20H20N2O4+2. The van der Waals surface area contributed by atoms with Crippen molar-refractivity contribution in [2.75, 3.05) is 0 Å². The van der Waals surface area contributed by atoms with E-state index in [1.165, 1.54) is 0 Å². The molecule has 0 radical (unpaired) electrons. The van der Waals surface area contributed by atoms with Gasteiger partial charge in [-0.25, -0.2) is 9.13 Å². The van der Waals surface area contributed by atoms with Gasteiger partial charge in [0.15, 0.2) is 37.9 Å². The van der Waals surface area contributed by atoms with Crippen LogP contribution >= 0.6 is 0 Å². The molecule has 6 nitrogen and oxygen atoms in total. The van der Waals surface area contributed by atoms with E-state index in [1.807, 2.05) is 64.3 Å². The molecule has 2 N–H and O–H groups in total. The zero-order chi connectivity index (χ0) is 18.5. The molecule has 6 heteroatoms. The summed E-state index contributed by atoms with van der Waals surface area (Å²) in [5.41, 5.74) is 2.10. The number of hydrogen-bond acceptors (Lipinski definition) is 2. The Morgan fingerprint density at radius 1 is 0.731 bits per heavy atom. The van der Waals surface area contributed by atoms with Gasteiger partial charge in [-0.3, -0.25) is 9.59 Å². The molecule has 0 unspecified atom stereocenters. The van der Waals surface area contributed by atoms with Gasteiger partial charge < -0.3 is 10.2 Å². The summed E-state index contributed by atoms with van der Waals surface area (Å²) in [5.74, 6) is -1.63. The van der Waals surface area contributed by atoms with Gasteiger partial charge in [0.25, 0.3) is 0 Å². The summed E-state index contributed by atoms with van der Waals surface area (Å²) in [6.07, 6.45) is 7.78. The molecule has 0 saturated heterocycles. The van der Waals surface area contributed by atoms with E-state index in [2.05, 4.69) is 6.07 Å². The summed E-state index contributed by atoms with van der Waals surface area (Å²) in [6.45, 7) is 0.876. The third-order valence-corrected chi connectivity index (χ3v) is 4.23. The molecule has 26 heavy (non-hydrogen) atoms. The fourth-order valence-electron chi connectivity index (χ4n) is 2.80. The minimum absolute atomic E-state index is 0.0882. The lowest BCUT2D eigenvalue weighted by molar-refractivity contribution is -0.695. The quantitative estimate of drug-likeness (QED) is 0.638. The van der Waals surface area contributed by atoms with Crippen molar-refractivity contribution in [2.45, 2.75) is 25.9 Å². The molecule has 1 aromatic carbocycles. The maximum atomic E-state index is 10.7. The molecule has 0 aliphatic heterocycles. The molecule has 0 fully saturated rings. The lowest BCUT2D eigenvalue weighted by Crippen LogP contribution is -2.33. The van der Waals surface area contributed by atoms with Crippen LogP contribution in [0.3, 0.4) is 0 Å². The van der Waals surface area contributed by atoms with Gasteiger partial charge in [-0.1, -0.05) is 12.1 Å². The smallest absolute Gasteiger partial charge is 0.309 e. The molecule has 132 valence electrons. The Balaban J connectivity index is 1.83. The van der Waals surface area contributed by atoms with E-state index in [0.29, 0.717) is 13.1 Å². The lowest BCUT2D eigenvalue weighted by atomic mass is 10.0. The summed E-state index contributed by atoms with van der Waals surface area (Å²) in [6, 6.07) is 12.1. The topological polar surface area (TPSA) is 82.4 Å². The molecule has 0 spiro atoms. The van der Waals surface area contributed by atoms with Crippen LogP contribution in [0.25, 0.3) is 21.9 Å². The highest BCUT2D eigenvalue weighted by molar-refractivity contribution is 5.85. The maximum Gasteiger partial charge on any atom is 0.309 e. The third kappa shape index (κ3) is 4.42. The third-order valence-electron chi connectivity index (χ3n) is 4.23. The number of fused-ring (bicyclic) bond motifs is 1. The summed E-state index contributed by atoms with van der Waals surface area (Å²) in [5, 5.41) is 19.7. The van der Waals surface area contributed by atoms with Gasteiger partial charge in [-0.2, -0.15) is 0 Å². The average molecular weight is 352 g/mol. The first kappa shape index (κ1) is 17.5. The number of carbonyl (C=O) groups is 2. The Kier molecular flexibility index (Phi) is 5.22. The van der Waals surface area contributed by atoms with Gasteiger partial charge in [-0.15, -0.1) is 0 Å². The Bertz CT molecular complexity index is 952. The van der Waals surface area contributed by atoms with Gasteiger partial charge in [0, 0.05) is 23.6 Å². The number of aryl methyl sites for hydroxylation is 2. The fraction of sp³-hybridized carbons (Fsp3) is 0.200. The lowest BCUT2D eigenvalue weighted by Gasteiger charge is -2.04. The Morgan fingerprint density at radius 2 is 1.35 bits per heavy atom. The van der Waals surface area contributed by atoms with Crippen LogP contribution in [0.5, 0.6) is 0 Å². The summed E-state index contributed by atoms with van der Waals surface area (Å²) in [7, 11) is 0. The van der Waals surface area contributed by atoms with E-state index in [4.69, 9.17) is 10.2 Å². The highest BCUT2D eigenvalue weighted by atomic mass is 16.4. The number of aromatic nitrogens is 2. The zero-order valence-corrected chi connectivity index (χ0v) is 14.2. The predicted molar refractivity (Wildman–Crippen MR) is 94.3 cm³/mol. The number of rotatable bonds is 7. The first-order valence-electron chi connectivity index (χ1n) is 8.37. The average Bonchev–Trinajstić information content (AvgIpc) is 2.64. The molecule has 0 aliphatic rings. The molecule has 0 aliphatic carbocycles. The second-order valence-electron chi connectivity index (χ2n) is 6.14. The van der Waals surface area contributed by atoms with Gasteiger partial charge in [0.1, 0.15) is 12.8 Å². The van der Waals surface area contributed by atoms with E-state index in [0.717, 1.165) is 21.9 Å². The van der Waals surface area contributed by atoms with Crippen molar-refractivity contribution in [2.24, 2.45) is 0 Å². The second-order valence-corrected chi connectivity index (χ2v) is 6.14. The van der Waals surface area contributed by atoms with E-state index < -0.39 is 11.9 Å². The molecule has 0 amide bonds. The number of carboxylic acids is 2. The molecule has 0 atom stereocenters. The van der Waals surface area contributed by atoms with E-state index in [1.54, 1.807) is 0 Å². The molecule has 2 aromatic heterocycles. The highest BCUT2D eigenvalue weighted by Crippen LogP contribution is 2.22. The van der Waals surface area contributed by atoms with Crippen molar-refractivity contribution < 1.29 is 28.9 Å². The molecule has 3 aromatic rings. The van der Waals surface area contributed by atoms with Crippen LogP contribution in [-0.4, -0.2) is 22.2 Å². The van der Waals surface area contributed by atoms with Crippen molar-refractivity contribution in [3.8, 4) is 11.1 Å². The molecule has 3 rings (SSSR count). The number of benzene rings is 1. The van der Waals surface area contributed by atoms with Gasteiger partial charge in [0.2, 0.25) is 0 Å². The SMILES string of the molecule is O=C(O)CC[n+]1ccc(-c2ccc3cc[n+](CCC(=O)O)cc3c2)cc1.